The lowest BCUT2D eigenvalue weighted by molar-refractivity contribution is -0.118. The van der Waals surface area contributed by atoms with E-state index >= 15 is 0 Å². The standard InChI is InChI=1S/C17H22FN3O/c18-13-1-2-16-12(9-13)10-17(22)21(16)14-4-7-20(8-5-14)15-3-6-19-11-15/h1-2,9,14-15,19H,3-8,10-11H2. The molecule has 0 aliphatic carbocycles. The fourth-order valence-electron chi connectivity index (χ4n) is 4.17. The number of nitrogens with one attached hydrogen (secondary N) is 1. The molecule has 1 aromatic rings. The fraction of sp³-hybridized carbons (Fsp3) is 0.588. The lowest BCUT2D eigenvalue weighted by Gasteiger charge is -2.39. The number of piperidine rings is 1. The van der Waals surface area contributed by atoms with Gasteiger partial charge in [0.15, 0.2) is 0 Å². The minimum atomic E-state index is -0.253. The first-order valence-electron chi connectivity index (χ1n) is 8.27. The molecule has 0 aromatic heterocycles. The van der Waals surface area contributed by atoms with Gasteiger partial charge in [-0.3, -0.25) is 9.69 Å². The molecule has 1 amide bonds. The van der Waals surface area contributed by atoms with Crippen LogP contribution in [0, 0.1) is 5.82 Å². The Morgan fingerprint density at radius 2 is 1.95 bits per heavy atom. The number of carbonyl (C=O) groups is 1. The molecule has 3 aliphatic heterocycles. The molecule has 1 N–H and O–H groups in total. The summed E-state index contributed by atoms with van der Waals surface area (Å²) in [5.74, 6) is -0.126. The molecule has 3 aliphatic rings. The van der Waals surface area contributed by atoms with Crippen molar-refractivity contribution in [2.24, 2.45) is 0 Å². The fourth-order valence-corrected chi connectivity index (χ4v) is 4.17. The second-order valence-corrected chi connectivity index (χ2v) is 6.63. The number of nitrogens with zero attached hydrogens (tertiary/aromatic N) is 2. The topological polar surface area (TPSA) is 35.6 Å². The summed E-state index contributed by atoms with van der Waals surface area (Å²) in [6.45, 7) is 4.32. The zero-order chi connectivity index (χ0) is 15.1. The average Bonchev–Trinajstić information content (AvgIpc) is 3.14. The van der Waals surface area contributed by atoms with E-state index in [4.69, 9.17) is 0 Å². The molecule has 4 nitrogen and oxygen atoms in total. The van der Waals surface area contributed by atoms with Crippen molar-refractivity contribution in [3.8, 4) is 0 Å². The van der Waals surface area contributed by atoms with Crippen molar-refractivity contribution >= 4 is 11.6 Å². The van der Waals surface area contributed by atoms with Crippen LogP contribution in [0.4, 0.5) is 10.1 Å². The Bertz CT molecular complexity index is 577. The molecule has 1 unspecified atom stereocenters. The number of benzene rings is 1. The predicted octanol–water partition coefficient (Wildman–Crippen LogP) is 1.54. The second kappa shape index (κ2) is 5.63. The van der Waals surface area contributed by atoms with E-state index in [1.165, 1.54) is 18.6 Å². The first-order valence-corrected chi connectivity index (χ1v) is 8.27. The van der Waals surface area contributed by atoms with Crippen molar-refractivity contribution in [3.63, 3.8) is 0 Å². The molecule has 4 rings (SSSR count). The molecule has 5 heteroatoms. The molecule has 2 fully saturated rings. The monoisotopic (exact) mass is 303 g/mol. The summed E-state index contributed by atoms with van der Waals surface area (Å²) in [4.78, 5) is 16.8. The molecule has 118 valence electrons. The van der Waals surface area contributed by atoms with Gasteiger partial charge in [-0.05, 0) is 49.6 Å². The Morgan fingerprint density at radius 1 is 1.14 bits per heavy atom. The maximum Gasteiger partial charge on any atom is 0.231 e. The van der Waals surface area contributed by atoms with E-state index in [-0.39, 0.29) is 17.8 Å². The molecular weight excluding hydrogens is 281 g/mol. The summed E-state index contributed by atoms with van der Waals surface area (Å²) in [5.41, 5.74) is 1.76. The summed E-state index contributed by atoms with van der Waals surface area (Å²) in [5, 5.41) is 3.42. The third kappa shape index (κ3) is 2.42. The van der Waals surface area contributed by atoms with Crippen LogP contribution < -0.4 is 10.2 Å². The number of fused-ring (bicyclic) bond motifs is 1. The highest BCUT2D eigenvalue weighted by molar-refractivity contribution is 6.01. The van der Waals surface area contributed by atoms with Crippen molar-refractivity contribution in [1.29, 1.82) is 0 Å². The van der Waals surface area contributed by atoms with E-state index in [1.54, 1.807) is 6.07 Å². The summed E-state index contributed by atoms with van der Waals surface area (Å²) in [6, 6.07) is 5.67. The van der Waals surface area contributed by atoms with Crippen molar-refractivity contribution in [3.05, 3.63) is 29.6 Å². The van der Waals surface area contributed by atoms with Gasteiger partial charge in [-0.2, -0.15) is 0 Å². The number of likely N-dealkylation sites (tertiary alicyclic amines) is 1. The Kier molecular flexibility index (Phi) is 3.62. The predicted molar refractivity (Wildman–Crippen MR) is 83.5 cm³/mol. The lowest BCUT2D eigenvalue weighted by atomic mass is 10.0. The third-order valence-electron chi connectivity index (χ3n) is 5.33. The molecule has 1 aromatic carbocycles. The highest BCUT2D eigenvalue weighted by Gasteiger charge is 2.36. The van der Waals surface area contributed by atoms with E-state index in [0.717, 1.165) is 50.3 Å². The van der Waals surface area contributed by atoms with Gasteiger partial charge in [0.2, 0.25) is 5.91 Å². The van der Waals surface area contributed by atoms with Crippen molar-refractivity contribution in [2.75, 3.05) is 31.1 Å². The Balaban J connectivity index is 1.46. The zero-order valence-electron chi connectivity index (χ0n) is 12.7. The highest BCUT2D eigenvalue weighted by atomic mass is 19.1. The Labute approximate surface area is 130 Å². The third-order valence-corrected chi connectivity index (χ3v) is 5.33. The second-order valence-electron chi connectivity index (χ2n) is 6.63. The van der Waals surface area contributed by atoms with Crippen molar-refractivity contribution < 1.29 is 9.18 Å². The van der Waals surface area contributed by atoms with Gasteiger partial charge in [-0.25, -0.2) is 4.39 Å². The molecule has 3 heterocycles. The van der Waals surface area contributed by atoms with Gasteiger partial charge in [0.25, 0.3) is 0 Å². The van der Waals surface area contributed by atoms with Crippen LogP contribution in [-0.4, -0.2) is 49.1 Å². The van der Waals surface area contributed by atoms with Crippen LogP contribution >= 0.6 is 0 Å². The van der Waals surface area contributed by atoms with Crippen LogP contribution in [-0.2, 0) is 11.2 Å². The molecule has 1 atom stereocenters. The molecule has 0 radical (unpaired) electrons. The Morgan fingerprint density at radius 3 is 2.68 bits per heavy atom. The first kappa shape index (κ1) is 14.2. The molecule has 2 saturated heterocycles. The van der Waals surface area contributed by atoms with E-state index in [0.29, 0.717) is 12.5 Å². The van der Waals surface area contributed by atoms with E-state index in [9.17, 15) is 9.18 Å². The van der Waals surface area contributed by atoms with Gasteiger partial charge in [0.05, 0.1) is 6.42 Å². The van der Waals surface area contributed by atoms with Gasteiger partial charge < -0.3 is 10.2 Å². The molecule has 22 heavy (non-hydrogen) atoms. The number of rotatable bonds is 2. The molecular formula is C17H22FN3O. The summed E-state index contributed by atoms with van der Waals surface area (Å²) < 4.78 is 13.3. The number of amides is 1. The van der Waals surface area contributed by atoms with Crippen LogP contribution in [0.2, 0.25) is 0 Å². The van der Waals surface area contributed by atoms with Crippen molar-refractivity contribution in [1.82, 2.24) is 10.2 Å². The van der Waals surface area contributed by atoms with Gasteiger partial charge in [0, 0.05) is 37.4 Å². The number of halogens is 1. The molecule has 0 spiro atoms. The van der Waals surface area contributed by atoms with E-state index in [2.05, 4.69) is 10.2 Å². The molecule has 0 saturated carbocycles. The smallest absolute Gasteiger partial charge is 0.231 e. The van der Waals surface area contributed by atoms with Crippen LogP contribution in [0.5, 0.6) is 0 Å². The Hall–Kier alpha value is -1.46. The van der Waals surface area contributed by atoms with Crippen LogP contribution in [0.25, 0.3) is 0 Å². The number of carbonyl (C=O) groups excluding carboxylic acids is 1. The van der Waals surface area contributed by atoms with Gasteiger partial charge in [-0.1, -0.05) is 0 Å². The average molecular weight is 303 g/mol. The van der Waals surface area contributed by atoms with Gasteiger partial charge >= 0.3 is 0 Å². The van der Waals surface area contributed by atoms with E-state index in [1.807, 2.05) is 4.90 Å². The minimum absolute atomic E-state index is 0.126. The summed E-state index contributed by atoms with van der Waals surface area (Å²) in [6.07, 6.45) is 3.60. The normalized spacial score (nSPS) is 26.7. The van der Waals surface area contributed by atoms with Gasteiger partial charge in [0.1, 0.15) is 5.82 Å². The summed E-state index contributed by atoms with van der Waals surface area (Å²) >= 11 is 0. The number of hydrogen-bond donors (Lipinski definition) is 1. The van der Waals surface area contributed by atoms with Crippen LogP contribution in [0.1, 0.15) is 24.8 Å². The summed E-state index contributed by atoms with van der Waals surface area (Å²) in [7, 11) is 0. The highest BCUT2D eigenvalue weighted by Crippen LogP contribution is 2.34. The maximum atomic E-state index is 13.3. The van der Waals surface area contributed by atoms with Crippen molar-refractivity contribution in [2.45, 2.75) is 37.8 Å². The zero-order valence-corrected chi connectivity index (χ0v) is 12.7. The van der Waals surface area contributed by atoms with E-state index < -0.39 is 0 Å². The van der Waals surface area contributed by atoms with Crippen LogP contribution in [0.3, 0.4) is 0 Å². The largest absolute Gasteiger partial charge is 0.315 e. The quantitative estimate of drug-likeness (QED) is 0.900. The SMILES string of the molecule is O=C1Cc2cc(F)ccc2N1C1CCN(C2CCNC2)CC1. The minimum Gasteiger partial charge on any atom is -0.315 e. The lowest BCUT2D eigenvalue weighted by Crippen LogP contribution is -2.49. The first-order chi connectivity index (χ1) is 10.7. The van der Waals surface area contributed by atoms with Gasteiger partial charge in [-0.15, -0.1) is 0 Å². The number of hydrogen-bond acceptors (Lipinski definition) is 3. The molecule has 0 bridgehead atoms. The number of anilines is 1. The van der Waals surface area contributed by atoms with Crippen LogP contribution in [0.15, 0.2) is 18.2 Å². The maximum absolute atomic E-state index is 13.3.